The molecule has 7 heteroatoms. The second-order valence-electron chi connectivity index (χ2n) is 7.55. The Hall–Kier alpha value is -2.38. The molecule has 0 aliphatic heterocycles. The van der Waals surface area contributed by atoms with Gasteiger partial charge in [0.15, 0.2) is 0 Å². The Morgan fingerprint density at radius 3 is 2.62 bits per heavy atom. The highest BCUT2D eigenvalue weighted by Crippen LogP contribution is 2.29. The molecule has 1 aliphatic rings. The molecule has 6 nitrogen and oxygen atoms in total. The minimum Gasteiger partial charge on any atom is -0.383 e. The van der Waals surface area contributed by atoms with Crippen molar-refractivity contribution < 1.29 is 14.3 Å². The summed E-state index contributed by atoms with van der Waals surface area (Å²) >= 11 is 1.44. The van der Waals surface area contributed by atoms with Crippen molar-refractivity contribution in [1.29, 1.82) is 0 Å². The van der Waals surface area contributed by atoms with Crippen LogP contribution >= 0.6 is 11.3 Å². The highest BCUT2D eigenvalue weighted by Gasteiger charge is 2.25. The molecular weight excluding hydrogens is 386 g/mol. The monoisotopic (exact) mass is 415 g/mol. The summed E-state index contributed by atoms with van der Waals surface area (Å²) in [6.07, 6.45) is 3.06. The number of hydrogen-bond acceptors (Lipinski definition) is 5. The van der Waals surface area contributed by atoms with Crippen molar-refractivity contribution in [3.8, 4) is 0 Å². The third-order valence-electron chi connectivity index (χ3n) is 5.25. The molecule has 1 aromatic carbocycles. The van der Waals surface area contributed by atoms with Crippen molar-refractivity contribution in [2.24, 2.45) is 5.92 Å². The quantitative estimate of drug-likeness (QED) is 0.676. The molecule has 156 valence electrons. The maximum atomic E-state index is 13.0. The molecule has 2 aromatic rings. The van der Waals surface area contributed by atoms with E-state index < -0.39 is 0 Å². The van der Waals surface area contributed by atoms with Gasteiger partial charge < -0.3 is 19.9 Å². The zero-order valence-corrected chi connectivity index (χ0v) is 18.1. The van der Waals surface area contributed by atoms with E-state index in [0.29, 0.717) is 24.6 Å². The van der Waals surface area contributed by atoms with Crippen molar-refractivity contribution in [3.63, 3.8) is 0 Å². The number of carbonyl (C=O) groups excluding carboxylic acids is 2. The summed E-state index contributed by atoms with van der Waals surface area (Å²) in [5.74, 6) is 0.210. The fraction of sp³-hybridized carbons (Fsp3) is 0.455. The van der Waals surface area contributed by atoms with Crippen LogP contribution in [0.2, 0.25) is 0 Å². The van der Waals surface area contributed by atoms with Crippen molar-refractivity contribution in [1.82, 2.24) is 4.90 Å². The number of benzene rings is 1. The lowest BCUT2D eigenvalue weighted by atomic mass is 9.85. The molecule has 1 aliphatic carbocycles. The first kappa shape index (κ1) is 21.3. The highest BCUT2D eigenvalue weighted by molar-refractivity contribution is 7.12. The van der Waals surface area contributed by atoms with Crippen molar-refractivity contribution in [2.75, 3.05) is 44.6 Å². The first-order valence-electron chi connectivity index (χ1n) is 9.92. The maximum absolute atomic E-state index is 13.0. The lowest BCUT2D eigenvalue weighted by molar-refractivity contribution is -0.122. The number of amides is 2. The summed E-state index contributed by atoms with van der Waals surface area (Å²) in [6, 6.07) is 9.63. The van der Waals surface area contributed by atoms with Gasteiger partial charge in [-0.2, -0.15) is 0 Å². The van der Waals surface area contributed by atoms with E-state index in [1.807, 2.05) is 54.7 Å². The van der Waals surface area contributed by atoms with E-state index in [1.165, 1.54) is 11.3 Å². The van der Waals surface area contributed by atoms with Crippen LogP contribution in [0.4, 0.5) is 11.4 Å². The van der Waals surface area contributed by atoms with Gasteiger partial charge in [-0.05, 0) is 48.1 Å². The fourth-order valence-corrected chi connectivity index (χ4v) is 4.05. The van der Waals surface area contributed by atoms with E-state index >= 15 is 0 Å². The highest BCUT2D eigenvalue weighted by atomic mass is 32.1. The largest absolute Gasteiger partial charge is 0.383 e. The minimum absolute atomic E-state index is 0.00865. The van der Waals surface area contributed by atoms with Crippen LogP contribution in [0.1, 0.15) is 34.5 Å². The second-order valence-corrected chi connectivity index (χ2v) is 8.50. The van der Waals surface area contributed by atoms with E-state index in [9.17, 15) is 9.59 Å². The number of anilines is 2. The summed E-state index contributed by atoms with van der Waals surface area (Å²) in [7, 11) is 5.59. The van der Waals surface area contributed by atoms with Crippen molar-refractivity contribution in [3.05, 3.63) is 46.2 Å². The maximum Gasteiger partial charge on any atom is 0.264 e. The van der Waals surface area contributed by atoms with Crippen LogP contribution in [0.3, 0.4) is 0 Å². The van der Waals surface area contributed by atoms with E-state index in [4.69, 9.17) is 4.74 Å². The molecule has 1 aromatic heterocycles. The normalized spacial score (nSPS) is 13.6. The van der Waals surface area contributed by atoms with Crippen LogP contribution in [-0.2, 0) is 16.1 Å². The van der Waals surface area contributed by atoms with Crippen molar-refractivity contribution in [2.45, 2.75) is 25.8 Å². The SMILES string of the molecule is COCCN(Cc1cc(NC(=O)C2CCC2)ccc1N(C)C)C(=O)c1cccs1. The summed E-state index contributed by atoms with van der Waals surface area (Å²) in [5, 5.41) is 4.95. The average Bonchev–Trinajstić information content (AvgIpc) is 3.17. The van der Waals surface area contributed by atoms with Crippen LogP contribution in [0, 0.1) is 5.92 Å². The van der Waals surface area contributed by atoms with Gasteiger partial charge in [-0.3, -0.25) is 9.59 Å². The standard InChI is InChI=1S/C22H29N3O3S/c1-24(2)19-10-9-18(23-21(26)16-6-4-7-16)14-17(19)15-25(11-12-28-3)22(27)20-8-5-13-29-20/h5,8-10,13-14,16H,4,6-7,11-12,15H2,1-3H3,(H,23,26). The van der Waals surface area contributed by atoms with Crippen molar-refractivity contribution >= 4 is 34.5 Å². The lowest BCUT2D eigenvalue weighted by Crippen LogP contribution is -2.33. The third-order valence-corrected chi connectivity index (χ3v) is 6.11. The van der Waals surface area contributed by atoms with E-state index in [1.54, 1.807) is 12.0 Å². The number of nitrogens with one attached hydrogen (secondary N) is 1. The van der Waals surface area contributed by atoms with E-state index in [0.717, 1.165) is 36.2 Å². The molecule has 0 radical (unpaired) electrons. The lowest BCUT2D eigenvalue weighted by Gasteiger charge is -2.27. The van der Waals surface area contributed by atoms with Crippen LogP contribution in [0.25, 0.3) is 0 Å². The summed E-state index contributed by atoms with van der Waals surface area (Å²) in [4.78, 5) is 29.9. The molecule has 0 atom stereocenters. The molecule has 1 N–H and O–H groups in total. The van der Waals surface area contributed by atoms with E-state index in [-0.39, 0.29) is 17.7 Å². The second kappa shape index (κ2) is 9.89. The van der Waals surface area contributed by atoms with Gasteiger partial charge in [0.25, 0.3) is 5.91 Å². The summed E-state index contributed by atoms with van der Waals surface area (Å²) in [6.45, 7) is 1.41. The zero-order chi connectivity index (χ0) is 20.8. The predicted molar refractivity (Wildman–Crippen MR) is 118 cm³/mol. The van der Waals surface area contributed by atoms with Gasteiger partial charge in [-0.1, -0.05) is 12.5 Å². The Morgan fingerprint density at radius 1 is 1.24 bits per heavy atom. The molecule has 0 saturated heterocycles. The van der Waals surface area contributed by atoms with Gasteiger partial charge in [0.2, 0.25) is 5.91 Å². The molecule has 2 amide bonds. The van der Waals surface area contributed by atoms with Gasteiger partial charge in [0.1, 0.15) is 0 Å². The number of methoxy groups -OCH3 is 1. The Morgan fingerprint density at radius 2 is 2.03 bits per heavy atom. The molecular formula is C22H29N3O3S. The zero-order valence-electron chi connectivity index (χ0n) is 17.3. The van der Waals surface area contributed by atoms with Crippen LogP contribution in [-0.4, -0.2) is 51.1 Å². The Labute approximate surface area is 176 Å². The molecule has 1 saturated carbocycles. The Bertz CT molecular complexity index is 832. The van der Waals surface area contributed by atoms with Gasteiger partial charge in [0, 0.05) is 51.6 Å². The number of hydrogen-bond donors (Lipinski definition) is 1. The topological polar surface area (TPSA) is 61.9 Å². The van der Waals surface area contributed by atoms with Gasteiger partial charge >= 0.3 is 0 Å². The Kier molecular flexibility index (Phi) is 7.28. The van der Waals surface area contributed by atoms with Crippen LogP contribution in [0.15, 0.2) is 35.7 Å². The molecule has 0 unspecified atom stereocenters. The predicted octanol–water partition coefficient (Wildman–Crippen LogP) is 3.84. The molecule has 0 bridgehead atoms. The molecule has 1 fully saturated rings. The number of nitrogens with zero attached hydrogens (tertiary/aromatic N) is 2. The molecule has 1 heterocycles. The smallest absolute Gasteiger partial charge is 0.264 e. The molecule has 0 spiro atoms. The van der Waals surface area contributed by atoms with Gasteiger partial charge in [-0.15, -0.1) is 11.3 Å². The Balaban J connectivity index is 1.83. The molecule has 29 heavy (non-hydrogen) atoms. The van der Waals surface area contributed by atoms with Crippen LogP contribution < -0.4 is 10.2 Å². The van der Waals surface area contributed by atoms with Gasteiger partial charge in [-0.25, -0.2) is 0 Å². The number of rotatable bonds is 9. The minimum atomic E-state index is -0.00865. The first-order valence-corrected chi connectivity index (χ1v) is 10.8. The van der Waals surface area contributed by atoms with Crippen LogP contribution in [0.5, 0.6) is 0 Å². The average molecular weight is 416 g/mol. The third kappa shape index (κ3) is 5.36. The molecule has 3 rings (SSSR count). The number of ether oxygens (including phenoxy) is 1. The van der Waals surface area contributed by atoms with E-state index in [2.05, 4.69) is 5.32 Å². The first-order chi connectivity index (χ1) is 14.0. The summed E-state index contributed by atoms with van der Waals surface area (Å²) in [5.41, 5.74) is 2.79. The number of carbonyl (C=O) groups is 2. The van der Waals surface area contributed by atoms with Gasteiger partial charge in [0.05, 0.1) is 11.5 Å². The summed E-state index contributed by atoms with van der Waals surface area (Å²) < 4.78 is 5.22. The number of thiophene rings is 1. The fourth-order valence-electron chi connectivity index (χ4n) is 3.36.